The topological polar surface area (TPSA) is 69.3 Å². The summed E-state index contributed by atoms with van der Waals surface area (Å²) in [6.45, 7) is 12.6. The molecule has 1 aromatic heterocycles. The third kappa shape index (κ3) is 5.76. The van der Waals surface area contributed by atoms with E-state index in [2.05, 4.69) is 47.7 Å². The van der Waals surface area contributed by atoms with Crippen LogP contribution in [-0.2, 0) is 9.84 Å². The fraction of sp³-hybridized carbons (Fsp3) is 0.552. The Morgan fingerprint density at radius 3 is 2.38 bits per heavy atom. The highest BCUT2D eigenvalue weighted by Crippen LogP contribution is 2.34. The predicted molar refractivity (Wildman–Crippen MR) is 147 cm³/mol. The third-order valence-electron chi connectivity index (χ3n) is 8.10. The summed E-state index contributed by atoms with van der Waals surface area (Å²) in [4.78, 5) is 13.1. The van der Waals surface area contributed by atoms with Crippen LogP contribution in [0.3, 0.4) is 0 Å². The Morgan fingerprint density at radius 2 is 1.76 bits per heavy atom. The van der Waals surface area contributed by atoms with E-state index in [1.165, 1.54) is 50.2 Å². The van der Waals surface area contributed by atoms with Crippen molar-refractivity contribution in [2.45, 2.75) is 63.3 Å². The number of aryl methyl sites for hydroxylation is 1. The molecule has 3 aromatic rings. The highest BCUT2D eigenvalue weighted by Gasteiger charge is 2.29. The SMILES string of the molecule is Cc1cc(C2CCN(C3CCN(CC(C)C)CC3)CC2)cc2[nH]c(-c3ccc(S(C)(=O)=O)c(F)c3)nc12. The first-order valence-corrected chi connectivity index (χ1v) is 15.4. The third-order valence-corrected chi connectivity index (χ3v) is 9.23. The molecule has 2 aromatic carbocycles. The quantitative estimate of drug-likeness (QED) is 0.467. The molecule has 200 valence electrons. The molecular weight excluding hydrogens is 487 g/mol. The van der Waals surface area contributed by atoms with Crippen LogP contribution >= 0.6 is 0 Å². The van der Waals surface area contributed by atoms with Crippen LogP contribution in [0.25, 0.3) is 22.4 Å². The van der Waals surface area contributed by atoms with E-state index in [4.69, 9.17) is 4.98 Å². The monoisotopic (exact) mass is 526 g/mol. The van der Waals surface area contributed by atoms with E-state index < -0.39 is 15.7 Å². The van der Waals surface area contributed by atoms with Gasteiger partial charge in [0.25, 0.3) is 0 Å². The first-order valence-electron chi connectivity index (χ1n) is 13.5. The van der Waals surface area contributed by atoms with E-state index in [9.17, 15) is 12.8 Å². The molecule has 0 radical (unpaired) electrons. The van der Waals surface area contributed by atoms with Gasteiger partial charge in [0.1, 0.15) is 16.5 Å². The summed E-state index contributed by atoms with van der Waals surface area (Å²) in [5.74, 6) is 1.06. The van der Waals surface area contributed by atoms with Crippen LogP contribution in [0, 0.1) is 18.7 Å². The van der Waals surface area contributed by atoms with Gasteiger partial charge in [-0.1, -0.05) is 19.9 Å². The summed E-state index contributed by atoms with van der Waals surface area (Å²) < 4.78 is 38.0. The molecule has 6 nitrogen and oxygen atoms in total. The second-order valence-corrected chi connectivity index (χ2v) is 13.5. The summed E-state index contributed by atoms with van der Waals surface area (Å²) in [7, 11) is -3.61. The molecule has 0 aliphatic carbocycles. The lowest BCUT2D eigenvalue weighted by Crippen LogP contribution is -2.48. The van der Waals surface area contributed by atoms with Crippen molar-refractivity contribution in [2.75, 3.05) is 39.0 Å². The maximum absolute atomic E-state index is 14.5. The molecule has 2 saturated heterocycles. The molecule has 0 saturated carbocycles. The minimum Gasteiger partial charge on any atom is -0.338 e. The average Bonchev–Trinajstić information content (AvgIpc) is 3.28. The first kappa shape index (κ1) is 26.3. The van der Waals surface area contributed by atoms with Crippen molar-refractivity contribution in [3.05, 3.63) is 47.3 Å². The molecule has 2 aliphatic heterocycles. The molecule has 2 fully saturated rings. The number of benzene rings is 2. The van der Waals surface area contributed by atoms with E-state index in [1.54, 1.807) is 6.07 Å². The number of aromatic nitrogens is 2. The van der Waals surface area contributed by atoms with E-state index >= 15 is 0 Å². The fourth-order valence-electron chi connectivity index (χ4n) is 6.22. The smallest absolute Gasteiger partial charge is 0.178 e. The minimum atomic E-state index is -3.61. The van der Waals surface area contributed by atoms with Gasteiger partial charge in [0.2, 0.25) is 0 Å². The zero-order chi connectivity index (χ0) is 26.3. The van der Waals surface area contributed by atoms with Crippen molar-refractivity contribution in [3.8, 4) is 11.4 Å². The number of H-pyrrole nitrogens is 1. The second kappa shape index (κ2) is 10.5. The standard InChI is InChI=1S/C29H39FN4O2S/c1-19(2)18-33-11-9-24(10-12-33)34-13-7-21(8-14-34)23-15-20(3)28-26(17-23)31-29(32-28)22-5-6-27(25(30)16-22)37(4,35)36/h5-6,15-17,19,21,24H,7-14,18H2,1-4H3,(H,31,32). The lowest BCUT2D eigenvalue weighted by molar-refractivity contribution is 0.0828. The van der Waals surface area contributed by atoms with Crippen molar-refractivity contribution in [1.29, 1.82) is 0 Å². The zero-order valence-electron chi connectivity index (χ0n) is 22.4. The molecule has 2 aliphatic rings. The maximum atomic E-state index is 14.5. The van der Waals surface area contributed by atoms with E-state index in [1.807, 2.05) is 0 Å². The van der Waals surface area contributed by atoms with Crippen LogP contribution in [0.1, 0.15) is 56.6 Å². The van der Waals surface area contributed by atoms with Gasteiger partial charge in [-0.25, -0.2) is 17.8 Å². The van der Waals surface area contributed by atoms with Crippen LogP contribution in [0.2, 0.25) is 0 Å². The summed E-state index contributed by atoms with van der Waals surface area (Å²) in [6, 6.07) is 9.34. The Hall–Kier alpha value is -2.29. The molecule has 0 unspecified atom stereocenters. The van der Waals surface area contributed by atoms with Gasteiger partial charge in [0.15, 0.2) is 9.84 Å². The summed E-state index contributed by atoms with van der Waals surface area (Å²) in [6.07, 6.45) is 5.90. The summed E-state index contributed by atoms with van der Waals surface area (Å²) >= 11 is 0. The minimum absolute atomic E-state index is 0.293. The highest BCUT2D eigenvalue weighted by molar-refractivity contribution is 7.90. The number of fused-ring (bicyclic) bond motifs is 1. The van der Waals surface area contributed by atoms with E-state index in [0.717, 1.165) is 60.7 Å². The van der Waals surface area contributed by atoms with Crippen LogP contribution in [-0.4, -0.2) is 73.2 Å². The summed E-state index contributed by atoms with van der Waals surface area (Å²) in [5, 5.41) is 0. The Bertz CT molecular complexity index is 1370. The maximum Gasteiger partial charge on any atom is 0.178 e. The number of hydrogen-bond donors (Lipinski definition) is 1. The van der Waals surface area contributed by atoms with Gasteiger partial charge in [0, 0.05) is 24.4 Å². The van der Waals surface area contributed by atoms with Crippen molar-refractivity contribution in [2.24, 2.45) is 5.92 Å². The van der Waals surface area contributed by atoms with Gasteiger partial charge in [-0.05, 0) is 106 Å². The largest absolute Gasteiger partial charge is 0.338 e. The van der Waals surface area contributed by atoms with Crippen molar-refractivity contribution >= 4 is 20.9 Å². The summed E-state index contributed by atoms with van der Waals surface area (Å²) in [5.41, 5.74) is 4.79. The molecule has 37 heavy (non-hydrogen) atoms. The van der Waals surface area contributed by atoms with Crippen molar-refractivity contribution < 1.29 is 12.8 Å². The van der Waals surface area contributed by atoms with Crippen molar-refractivity contribution in [3.63, 3.8) is 0 Å². The number of nitrogens with zero attached hydrogens (tertiary/aromatic N) is 3. The zero-order valence-corrected chi connectivity index (χ0v) is 23.2. The molecule has 1 N–H and O–H groups in total. The molecule has 0 amide bonds. The molecule has 3 heterocycles. The molecule has 8 heteroatoms. The highest BCUT2D eigenvalue weighted by atomic mass is 32.2. The number of nitrogens with one attached hydrogen (secondary N) is 1. The Morgan fingerprint density at radius 1 is 1.05 bits per heavy atom. The van der Waals surface area contributed by atoms with E-state index in [0.29, 0.717) is 17.3 Å². The number of rotatable bonds is 6. The lowest BCUT2D eigenvalue weighted by atomic mass is 9.87. The molecular formula is C29H39FN4O2S. The number of halogens is 1. The van der Waals surface area contributed by atoms with Gasteiger partial charge in [-0.2, -0.15) is 0 Å². The number of piperidine rings is 2. The van der Waals surface area contributed by atoms with Crippen LogP contribution < -0.4 is 0 Å². The van der Waals surface area contributed by atoms with Gasteiger partial charge in [0.05, 0.1) is 11.0 Å². The predicted octanol–water partition coefficient (Wildman–Crippen LogP) is 5.38. The van der Waals surface area contributed by atoms with Crippen LogP contribution in [0.4, 0.5) is 4.39 Å². The number of hydrogen-bond acceptors (Lipinski definition) is 5. The molecule has 0 spiro atoms. The Kier molecular flexibility index (Phi) is 7.44. The van der Waals surface area contributed by atoms with Gasteiger partial charge >= 0.3 is 0 Å². The van der Waals surface area contributed by atoms with Crippen LogP contribution in [0.15, 0.2) is 35.2 Å². The Labute approximate surface area is 220 Å². The number of sulfone groups is 1. The second-order valence-electron chi connectivity index (χ2n) is 11.5. The first-order chi connectivity index (χ1) is 17.6. The lowest BCUT2D eigenvalue weighted by Gasteiger charge is -2.42. The van der Waals surface area contributed by atoms with Gasteiger partial charge in [-0.3, -0.25) is 0 Å². The normalized spacial score (nSPS) is 19.3. The van der Waals surface area contributed by atoms with Crippen LogP contribution in [0.5, 0.6) is 0 Å². The fourth-order valence-corrected chi connectivity index (χ4v) is 6.95. The molecule has 5 rings (SSSR count). The number of aromatic amines is 1. The molecule has 0 atom stereocenters. The van der Waals surface area contributed by atoms with E-state index in [-0.39, 0.29) is 4.90 Å². The number of imidazole rings is 1. The van der Waals surface area contributed by atoms with Gasteiger partial charge < -0.3 is 14.8 Å². The molecule has 0 bridgehead atoms. The van der Waals surface area contributed by atoms with Gasteiger partial charge in [-0.15, -0.1) is 0 Å². The number of likely N-dealkylation sites (tertiary alicyclic amines) is 2. The van der Waals surface area contributed by atoms with Crippen molar-refractivity contribution in [1.82, 2.24) is 19.8 Å². The Balaban J connectivity index is 1.27. The average molecular weight is 527 g/mol.